The van der Waals surface area contributed by atoms with Gasteiger partial charge < -0.3 is 14.4 Å². The third-order valence-electron chi connectivity index (χ3n) is 10.4. The fourth-order valence-electron chi connectivity index (χ4n) is 6.75. The molecule has 0 saturated heterocycles. The number of hydrogen-bond donors (Lipinski definition) is 0. The number of ether oxygens (including phenoxy) is 2. The van der Waals surface area contributed by atoms with Crippen molar-refractivity contribution in [3.8, 4) is 0 Å². The molecule has 9 heteroatoms. The third-order valence-corrected chi connectivity index (χ3v) is 11.8. The lowest BCUT2D eigenvalue weighted by Gasteiger charge is -2.22. The maximum absolute atomic E-state index is 13.7. The quantitative estimate of drug-likeness (QED) is 0.0279. The highest BCUT2D eigenvalue weighted by molar-refractivity contribution is 7.48. The number of esters is 1. The molecular formula is C48H88NO7P. The van der Waals surface area contributed by atoms with E-state index in [4.69, 9.17) is 23.0 Å². The first-order valence-corrected chi connectivity index (χ1v) is 25.0. The van der Waals surface area contributed by atoms with Crippen LogP contribution in [-0.2, 0) is 39.0 Å². The van der Waals surface area contributed by atoms with E-state index in [1.165, 1.54) is 148 Å². The fourth-order valence-corrected chi connectivity index (χ4v) is 7.94. The summed E-state index contributed by atoms with van der Waals surface area (Å²) in [6.45, 7) is 5.26. The van der Waals surface area contributed by atoms with Crippen molar-refractivity contribution >= 4 is 13.8 Å². The van der Waals surface area contributed by atoms with Crippen LogP contribution in [0.3, 0.4) is 0 Å². The summed E-state index contributed by atoms with van der Waals surface area (Å²) in [6.07, 6.45) is 39.3. The lowest BCUT2D eigenvalue weighted by atomic mass is 10.0. The molecular weight excluding hydrogens is 734 g/mol. The van der Waals surface area contributed by atoms with Gasteiger partial charge in [0.25, 0.3) is 0 Å². The molecule has 0 amide bonds. The van der Waals surface area contributed by atoms with Crippen LogP contribution in [0.15, 0.2) is 42.7 Å². The Hall–Kier alpha value is -1.70. The summed E-state index contributed by atoms with van der Waals surface area (Å²) in [5, 5.41) is 0. The molecule has 57 heavy (non-hydrogen) atoms. The van der Waals surface area contributed by atoms with Crippen LogP contribution in [0, 0.1) is 0 Å². The van der Waals surface area contributed by atoms with E-state index in [-0.39, 0.29) is 32.4 Å². The molecule has 332 valence electrons. The Morgan fingerprint density at radius 3 is 1.58 bits per heavy atom. The molecule has 0 aromatic heterocycles. The minimum atomic E-state index is -3.96. The predicted octanol–water partition coefficient (Wildman–Crippen LogP) is 14.7. The molecule has 1 rings (SSSR count). The van der Waals surface area contributed by atoms with Crippen molar-refractivity contribution in [2.45, 2.75) is 213 Å². The highest BCUT2D eigenvalue weighted by atomic mass is 31.2. The minimum Gasteiger partial charge on any atom is -0.498 e. The second kappa shape index (κ2) is 39.7. The van der Waals surface area contributed by atoms with Gasteiger partial charge in [0.2, 0.25) is 0 Å². The second-order valence-electron chi connectivity index (χ2n) is 16.3. The van der Waals surface area contributed by atoms with Gasteiger partial charge in [-0.1, -0.05) is 205 Å². The first kappa shape index (κ1) is 53.3. The Bertz CT molecular complexity index is 1090. The van der Waals surface area contributed by atoms with Gasteiger partial charge in [-0.05, 0) is 45.0 Å². The Kier molecular flexibility index (Phi) is 37.2. The number of benzene rings is 1. The SMILES string of the molecule is CCCCCCCCCCCCCC/C=C\OC[C@H](COP(=O)(OCCN(C)C)OCc1ccccc1)OC(=O)CCCCCCCCCCCCCCCCC. The van der Waals surface area contributed by atoms with Crippen molar-refractivity contribution < 1.29 is 32.4 Å². The van der Waals surface area contributed by atoms with Crippen LogP contribution in [-0.4, -0.2) is 57.4 Å². The number of phosphoric ester groups is 1. The van der Waals surface area contributed by atoms with E-state index in [9.17, 15) is 9.36 Å². The highest BCUT2D eigenvalue weighted by Crippen LogP contribution is 2.50. The number of carbonyl (C=O) groups is 1. The van der Waals surface area contributed by atoms with Gasteiger partial charge in [-0.15, -0.1) is 0 Å². The monoisotopic (exact) mass is 822 g/mol. The molecule has 0 bridgehead atoms. The van der Waals surface area contributed by atoms with Gasteiger partial charge in [-0.25, -0.2) is 4.57 Å². The van der Waals surface area contributed by atoms with Crippen molar-refractivity contribution in [1.82, 2.24) is 4.90 Å². The van der Waals surface area contributed by atoms with Crippen LogP contribution in [0.5, 0.6) is 0 Å². The first-order chi connectivity index (χ1) is 27.9. The molecule has 1 aromatic carbocycles. The summed E-state index contributed by atoms with van der Waals surface area (Å²) < 4.78 is 42.6. The Morgan fingerprint density at radius 1 is 0.614 bits per heavy atom. The third kappa shape index (κ3) is 35.9. The lowest BCUT2D eigenvalue weighted by molar-refractivity contribution is -0.153. The van der Waals surface area contributed by atoms with Crippen molar-refractivity contribution in [3.05, 3.63) is 48.2 Å². The van der Waals surface area contributed by atoms with Crippen LogP contribution >= 0.6 is 7.82 Å². The maximum Gasteiger partial charge on any atom is 0.475 e. The van der Waals surface area contributed by atoms with Crippen molar-refractivity contribution in [2.75, 3.05) is 40.5 Å². The summed E-state index contributed by atoms with van der Waals surface area (Å²) >= 11 is 0. The molecule has 1 aromatic rings. The molecule has 0 heterocycles. The smallest absolute Gasteiger partial charge is 0.475 e. The van der Waals surface area contributed by atoms with E-state index < -0.39 is 13.9 Å². The average Bonchev–Trinajstić information content (AvgIpc) is 3.20. The zero-order valence-electron chi connectivity index (χ0n) is 37.4. The largest absolute Gasteiger partial charge is 0.498 e. The normalized spacial score (nSPS) is 13.4. The molecule has 0 aliphatic heterocycles. The number of rotatable bonds is 43. The lowest BCUT2D eigenvalue weighted by Crippen LogP contribution is -2.28. The number of unbranched alkanes of at least 4 members (excludes halogenated alkanes) is 26. The minimum absolute atomic E-state index is 0.0715. The van der Waals surface area contributed by atoms with E-state index in [1.807, 2.05) is 55.4 Å². The molecule has 2 atom stereocenters. The maximum atomic E-state index is 13.7. The van der Waals surface area contributed by atoms with Crippen LogP contribution in [0.4, 0.5) is 0 Å². The molecule has 0 fully saturated rings. The summed E-state index contributed by atoms with van der Waals surface area (Å²) in [6, 6.07) is 9.50. The number of nitrogens with zero attached hydrogens (tertiary/aromatic N) is 1. The van der Waals surface area contributed by atoms with Gasteiger partial charge in [0.05, 0.1) is 26.1 Å². The molecule has 8 nitrogen and oxygen atoms in total. The van der Waals surface area contributed by atoms with Crippen molar-refractivity contribution in [3.63, 3.8) is 0 Å². The van der Waals surface area contributed by atoms with Gasteiger partial charge in [-0.3, -0.25) is 18.4 Å². The van der Waals surface area contributed by atoms with Crippen LogP contribution in [0.2, 0.25) is 0 Å². The Balaban J connectivity index is 2.48. The first-order valence-electron chi connectivity index (χ1n) is 23.6. The fraction of sp³-hybridized carbons (Fsp3) is 0.812. The van der Waals surface area contributed by atoms with Gasteiger partial charge >= 0.3 is 13.8 Å². The van der Waals surface area contributed by atoms with Crippen LogP contribution in [0.25, 0.3) is 0 Å². The summed E-state index contributed by atoms with van der Waals surface area (Å²) in [4.78, 5) is 14.9. The van der Waals surface area contributed by atoms with E-state index in [0.29, 0.717) is 13.0 Å². The predicted molar refractivity (Wildman–Crippen MR) is 240 cm³/mol. The molecule has 1 unspecified atom stereocenters. The van der Waals surface area contributed by atoms with Gasteiger partial charge in [-0.2, -0.15) is 0 Å². The summed E-state index contributed by atoms with van der Waals surface area (Å²) in [7, 11) is -0.132. The van der Waals surface area contributed by atoms with E-state index in [1.54, 1.807) is 6.26 Å². The molecule has 0 saturated carbocycles. The molecule has 0 N–H and O–H groups in total. The van der Waals surface area contributed by atoms with Crippen molar-refractivity contribution in [2.24, 2.45) is 0 Å². The highest BCUT2D eigenvalue weighted by Gasteiger charge is 2.30. The zero-order valence-corrected chi connectivity index (χ0v) is 38.3. The number of likely N-dealkylation sites (N-methyl/N-ethyl adjacent to an activating group) is 1. The number of hydrogen-bond acceptors (Lipinski definition) is 8. The van der Waals surface area contributed by atoms with Crippen molar-refractivity contribution in [1.29, 1.82) is 0 Å². The Morgan fingerprint density at radius 2 is 1.09 bits per heavy atom. The second-order valence-corrected chi connectivity index (χ2v) is 18.0. The van der Waals surface area contributed by atoms with Gasteiger partial charge in [0, 0.05) is 13.0 Å². The van der Waals surface area contributed by atoms with E-state index in [0.717, 1.165) is 37.7 Å². The van der Waals surface area contributed by atoms with E-state index >= 15 is 0 Å². The molecule has 0 radical (unpaired) electrons. The molecule has 0 aliphatic rings. The number of allylic oxidation sites excluding steroid dienone is 1. The standard InChI is InChI=1S/C48H88NO7P/c1-5-7-9-11-13-15-17-19-21-22-24-26-28-30-35-39-48(50)56-47(44-52-41-36-31-29-27-25-23-20-18-16-14-12-10-8-6-2)45-55-57(51,53-42-40-49(3)4)54-43-46-37-33-32-34-38-46/h32-34,36-38,41,47H,5-31,35,39-40,42-45H2,1-4H3/b41-36-/t47-,57?/m1/s1. The van der Waals surface area contributed by atoms with E-state index in [2.05, 4.69) is 13.8 Å². The topological polar surface area (TPSA) is 83.5 Å². The Labute approximate surface area is 351 Å². The summed E-state index contributed by atoms with van der Waals surface area (Å²) in [5.41, 5.74) is 0.852. The van der Waals surface area contributed by atoms with Gasteiger partial charge in [0.1, 0.15) is 6.61 Å². The molecule has 0 aliphatic carbocycles. The average molecular weight is 822 g/mol. The number of carbonyl (C=O) groups excluding carboxylic acids is 1. The zero-order chi connectivity index (χ0) is 41.3. The van der Waals surface area contributed by atoms with Gasteiger partial charge in [0.15, 0.2) is 6.10 Å². The summed E-state index contributed by atoms with van der Waals surface area (Å²) in [5.74, 6) is -0.295. The van der Waals surface area contributed by atoms with Crippen LogP contribution < -0.4 is 0 Å². The number of phosphoric acid groups is 1. The molecule has 0 spiro atoms. The van der Waals surface area contributed by atoms with Crippen LogP contribution in [0.1, 0.15) is 206 Å².